The summed E-state index contributed by atoms with van der Waals surface area (Å²) in [6.07, 6.45) is 2.37. The van der Waals surface area contributed by atoms with Crippen LogP contribution in [0, 0.1) is 5.92 Å². The minimum atomic E-state index is -3.12. The number of nitrogens with two attached hydrogens (primary N) is 1. The molecule has 1 atom stereocenters. The molecule has 0 aromatic carbocycles. The lowest BCUT2D eigenvalue weighted by Crippen LogP contribution is -2.43. The molecule has 1 unspecified atom stereocenters. The summed E-state index contributed by atoms with van der Waals surface area (Å²) in [7, 11) is -3.12. The second-order valence-corrected chi connectivity index (χ2v) is 6.83. The monoisotopic (exact) mass is 276 g/mol. The second kappa shape index (κ2) is 6.94. The molecule has 0 radical (unpaired) electrons. The molecule has 0 aliphatic carbocycles. The summed E-state index contributed by atoms with van der Waals surface area (Å²) in [6.45, 7) is 6.39. The molecular weight excluding hydrogens is 252 g/mol. The van der Waals surface area contributed by atoms with Crippen molar-refractivity contribution in [2.45, 2.75) is 26.7 Å². The molecule has 18 heavy (non-hydrogen) atoms. The van der Waals surface area contributed by atoms with Crippen LogP contribution in [0.1, 0.15) is 26.7 Å². The fourth-order valence-corrected chi connectivity index (χ4v) is 2.58. The maximum atomic E-state index is 11.2. The molecule has 106 valence electrons. The topological polar surface area (TPSA) is 87.8 Å². The van der Waals surface area contributed by atoms with Crippen molar-refractivity contribution in [2.24, 2.45) is 16.6 Å². The highest BCUT2D eigenvalue weighted by molar-refractivity contribution is 7.89. The van der Waals surface area contributed by atoms with Crippen LogP contribution in [0.2, 0.25) is 0 Å². The average Bonchev–Trinajstić information content (AvgIpc) is 2.34. The van der Waals surface area contributed by atoms with Gasteiger partial charge in [-0.2, -0.15) is 0 Å². The molecule has 7 heteroatoms. The standard InChI is InChI=1S/C11H24N4O2S/c1-3-18(16,17)14-7-6-13-11(12)15-8-4-5-10(2)9-15/h10,14H,3-9H2,1-2H3,(H2,12,13). The Morgan fingerprint density at radius 3 is 2.89 bits per heavy atom. The first kappa shape index (κ1) is 15.2. The highest BCUT2D eigenvalue weighted by atomic mass is 32.2. The summed E-state index contributed by atoms with van der Waals surface area (Å²) < 4.78 is 24.8. The zero-order valence-electron chi connectivity index (χ0n) is 11.2. The van der Waals surface area contributed by atoms with Gasteiger partial charge in [-0.25, -0.2) is 13.1 Å². The van der Waals surface area contributed by atoms with E-state index >= 15 is 0 Å². The van der Waals surface area contributed by atoms with Gasteiger partial charge in [0.2, 0.25) is 10.0 Å². The lowest BCUT2D eigenvalue weighted by molar-refractivity contribution is 0.270. The summed E-state index contributed by atoms with van der Waals surface area (Å²) in [4.78, 5) is 6.28. The van der Waals surface area contributed by atoms with E-state index in [1.807, 2.05) is 0 Å². The van der Waals surface area contributed by atoms with E-state index in [1.54, 1.807) is 6.92 Å². The molecule has 1 saturated heterocycles. The van der Waals surface area contributed by atoms with E-state index in [2.05, 4.69) is 21.5 Å². The van der Waals surface area contributed by atoms with Crippen LogP contribution in [0.15, 0.2) is 4.99 Å². The Kier molecular flexibility index (Phi) is 5.87. The fourth-order valence-electron chi connectivity index (χ4n) is 1.97. The van der Waals surface area contributed by atoms with Crippen LogP contribution in [0.4, 0.5) is 0 Å². The molecule has 1 rings (SSSR count). The zero-order chi connectivity index (χ0) is 13.6. The highest BCUT2D eigenvalue weighted by Crippen LogP contribution is 2.14. The van der Waals surface area contributed by atoms with Gasteiger partial charge < -0.3 is 10.6 Å². The van der Waals surface area contributed by atoms with Gasteiger partial charge in [0, 0.05) is 19.6 Å². The lowest BCUT2D eigenvalue weighted by atomic mass is 10.0. The number of nitrogens with zero attached hydrogens (tertiary/aromatic N) is 2. The SMILES string of the molecule is CCS(=O)(=O)NCCN=C(N)N1CCCC(C)C1. The molecule has 3 N–H and O–H groups in total. The van der Waals surface area contributed by atoms with Crippen LogP contribution >= 0.6 is 0 Å². The number of sulfonamides is 1. The molecule has 0 aromatic rings. The molecule has 1 heterocycles. The molecule has 1 aliphatic rings. The number of likely N-dealkylation sites (tertiary alicyclic amines) is 1. The van der Waals surface area contributed by atoms with Crippen molar-refractivity contribution in [3.05, 3.63) is 0 Å². The molecule has 0 aromatic heterocycles. The average molecular weight is 276 g/mol. The van der Waals surface area contributed by atoms with Gasteiger partial charge in [-0.05, 0) is 25.7 Å². The van der Waals surface area contributed by atoms with E-state index in [0.29, 0.717) is 25.0 Å². The van der Waals surface area contributed by atoms with Crippen molar-refractivity contribution in [3.63, 3.8) is 0 Å². The third kappa shape index (κ3) is 5.22. The Morgan fingerprint density at radius 1 is 1.56 bits per heavy atom. The number of aliphatic imine (C=N–C) groups is 1. The lowest BCUT2D eigenvalue weighted by Gasteiger charge is -2.31. The summed E-state index contributed by atoms with van der Waals surface area (Å²) in [5, 5.41) is 0. The number of hydrogen-bond donors (Lipinski definition) is 2. The third-order valence-electron chi connectivity index (χ3n) is 3.07. The Morgan fingerprint density at radius 2 is 2.28 bits per heavy atom. The first-order valence-corrected chi connectivity index (χ1v) is 8.12. The van der Waals surface area contributed by atoms with Crippen LogP contribution in [0.5, 0.6) is 0 Å². The van der Waals surface area contributed by atoms with Gasteiger partial charge in [-0.15, -0.1) is 0 Å². The van der Waals surface area contributed by atoms with Crippen molar-refractivity contribution >= 4 is 16.0 Å². The minimum Gasteiger partial charge on any atom is -0.370 e. The van der Waals surface area contributed by atoms with Gasteiger partial charge in [0.15, 0.2) is 5.96 Å². The number of nitrogens with one attached hydrogen (secondary N) is 1. The second-order valence-electron chi connectivity index (χ2n) is 4.73. The van der Waals surface area contributed by atoms with E-state index in [9.17, 15) is 8.42 Å². The van der Waals surface area contributed by atoms with Crippen LogP contribution in [0.3, 0.4) is 0 Å². The van der Waals surface area contributed by atoms with Gasteiger partial charge in [0.1, 0.15) is 0 Å². The Labute approximate surface area is 110 Å². The molecule has 6 nitrogen and oxygen atoms in total. The van der Waals surface area contributed by atoms with Gasteiger partial charge in [-0.1, -0.05) is 6.92 Å². The maximum Gasteiger partial charge on any atom is 0.211 e. The summed E-state index contributed by atoms with van der Waals surface area (Å²) in [5.74, 6) is 1.26. The van der Waals surface area contributed by atoms with E-state index in [4.69, 9.17) is 5.73 Å². The number of guanidine groups is 1. The summed E-state index contributed by atoms with van der Waals surface area (Å²) in [6, 6.07) is 0. The molecule has 1 fully saturated rings. The van der Waals surface area contributed by atoms with Gasteiger partial charge in [-0.3, -0.25) is 4.99 Å². The van der Waals surface area contributed by atoms with E-state index in [1.165, 1.54) is 6.42 Å². The van der Waals surface area contributed by atoms with Crippen LogP contribution < -0.4 is 10.5 Å². The van der Waals surface area contributed by atoms with Gasteiger partial charge >= 0.3 is 0 Å². The van der Waals surface area contributed by atoms with Crippen LogP contribution in [0.25, 0.3) is 0 Å². The van der Waals surface area contributed by atoms with Crippen molar-refractivity contribution in [1.29, 1.82) is 0 Å². The molecular formula is C11H24N4O2S. The smallest absolute Gasteiger partial charge is 0.211 e. The zero-order valence-corrected chi connectivity index (χ0v) is 12.0. The molecule has 1 aliphatic heterocycles. The predicted molar refractivity (Wildman–Crippen MR) is 73.9 cm³/mol. The number of hydrogen-bond acceptors (Lipinski definition) is 3. The van der Waals surface area contributed by atoms with Gasteiger partial charge in [0.25, 0.3) is 0 Å². The van der Waals surface area contributed by atoms with E-state index in [-0.39, 0.29) is 5.75 Å². The number of piperidine rings is 1. The quantitative estimate of drug-likeness (QED) is 0.419. The first-order chi connectivity index (χ1) is 8.44. The normalized spacial score (nSPS) is 22.2. The molecule has 0 bridgehead atoms. The Balaban J connectivity index is 2.33. The van der Waals surface area contributed by atoms with Crippen molar-refractivity contribution in [3.8, 4) is 0 Å². The number of rotatable bonds is 5. The van der Waals surface area contributed by atoms with E-state index in [0.717, 1.165) is 19.5 Å². The summed E-state index contributed by atoms with van der Waals surface area (Å²) >= 11 is 0. The van der Waals surface area contributed by atoms with E-state index < -0.39 is 10.0 Å². The van der Waals surface area contributed by atoms with Crippen molar-refractivity contribution in [1.82, 2.24) is 9.62 Å². The fraction of sp³-hybridized carbons (Fsp3) is 0.909. The molecule has 0 spiro atoms. The van der Waals surface area contributed by atoms with Crippen LogP contribution in [-0.2, 0) is 10.0 Å². The minimum absolute atomic E-state index is 0.0931. The summed E-state index contributed by atoms with van der Waals surface area (Å²) in [5.41, 5.74) is 5.89. The maximum absolute atomic E-state index is 11.2. The predicted octanol–water partition coefficient (Wildman–Crippen LogP) is -0.0277. The highest BCUT2D eigenvalue weighted by Gasteiger charge is 2.17. The van der Waals surface area contributed by atoms with Crippen LogP contribution in [-0.4, -0.2) is 51.2 Å². The van der Waals surface area contributed by atoms with Gasteiger partial charge in [0.05, 0.1) is 12.3 Å². The van der Waals surface area contributed by atoms with Crippen molar-refractivity contribution in [2.75, 3.05) is 31.9 Å². The third-order valence-corrected chi connectivity index (χ3v) is 4.47. The van der Waals surface area contributed by atoms with Crippen molar-refractivity contribution < 1.29 is 8.42 Å². The molecule has 0 amide bonds. The molecule has 0 saturated carbocycles. The Hall–Kier alpha value is -0.820. The first-order valence-electron chi connectivity index (χ1n) is 6.47. The Bertz CT molecular complexity index is 381. The largest absolute Gasteiger partial charge is 0.370 e.